The summed E-state index contributed by atoms with van der Waals surface area (Å²) in [4.78, 5) is 24.4. The highest BCUT2D eigenvalue weighted by atomic mass is 16.5. The Morgan fingerprint density at radius 3 is 2.51 bits per heavy atom. The fourth-order valence-corrected chi connectivity index (χ4v) is 8.70. The minimum Gasteiger partial charge on any atom is -0.481 e. The van der Waals surface area contributed by atoms with Gasteiger partial charge < -0.3 is 19.4 Å². The van der Waals surface area contributed by atoms with Gasteiger partial charge in [0.15, 0.2) is 0 Å². The lowest BCUT2D eigenvalue weighted by Crippen LogP contribution is -2.48. The Balaban J connectivity index is 1.10. The number of aromatic nitrogens is 2. The lowest BCUT2D eigenvalue weighted by molar-refractivity contribution is -0.139. The Hall–Kier alpha value is -2.97. The van der Waals surface area contributed by atoms with E-state index in [1.807, 2.05) is 6.92 Å². The highest BCUT2D eigenvalue weighted by Gasteiger charge is 2.41. The number of carboxylic acids is 1. The first-order valence-corrected chi connectivity index (χ1v) is 17.6. The van der Waals surface area contributed by atoms with Crippen molar-refractivity contribution in [1.29, 1.82) is 0 Å². The number of anilines is 1. The van der Waals surface area contributed by atoms with Crippen LogP contribution in [0.1, 0.15) is 75.7 Å². The van der Waals surface area contributed by atoms with Gasteiger partial charge in [-0.05, 0) is 79.3 Å². The monoisotopic (exact) mass is 615 g/mol. The second kappa shape index (κ2) is 15.5. The maximum absolute atomic E-state index is 12.1. The molecule has 1 saturated carbocycles. The largest absolute Gasteiger partial charge is 0.481 e. The number of benzene rings is 1. The average Bonchev–Trinajstić information content (AvgIpc) is 3.67. The van der Waals surface area contributed by atoms with Crippen molar-refractivity contribution in [3.8, 4) is 0 Å². The van der Waals surface area contributed by atoms with Crippen LogP contribution in [-0.2, 0) is 11.2 Å². The van der Waals surface area contributed by atoms with Gasteiger partial charge >= 0.3 is 5.97 Å². The van der Waals surface area contributed by atoms with Crippen molar-refractivity contribution in [2.24, 2.45) is 23.7 Å². The summed E-state index contributed by atoms with van der Waals surface area (Å²) in [5.41, 5.74) is 1.33. The van der Waals surface area contributed by atoms with E-state index >= 15 is 0 Å². The molecule has 45 heavy (non-hydrogen) atoms. The van der Waals surface area contributed by atoms with E-state index in [1.165, 1.54) is 44.1 Å². The summed E-state index contributed by atoms with van der Waals surface area (Å²) < 4.78 is 5.41. The van der Waals surface area contributed by atoms with Gasteiger partial charge in [-0.1, -0.05) is 73.9 Å². The quantitative estimate of drug-likeness (QED) is 0.278. The van der Waals surface area contributed by atoms with Crippen LogP contribution in [0.2, 0.25) is 0 Å². The van der Waals surface area contributed by atoms with Crippen LogP contribution in [0, 0.1) is 30.6 Å². The van der Waals surface area contributed by atoms with Crippen LogP contribution in [-0.4, -0.2) is 82.4 Å². The van der Waals surface area contributed by atoms with Crippen LogP contribution in [0.4, 0.5) is 5.95 Å². The molecule has 0 amide bonds. The second-order valence-electron chi connectivity index (χ2n) is 14.2. The van der Waals surface area contributed by atoms with Gasteiger partial charge in [0.1, 0.15) is 0 Å². The summed E-state index contributed by atoms with van der Waals surface area (Å²) in [6.07, 6.45) is 21.0. The first-order valence-electron chi connectivity index (χ1n) is 17.6. The molecule has 0 radical (unpaired) electrons. The predicted molar refractivity (Wildman–Crippen MR) is 178 cm³/mol. The van der Waals surface area contributed by atoms with E-state index in [4.69, 9.17) is 4.52 Å². The van der Waals surface area contributed by atoms with Crippen molar-refractivity contribution in [2.75, 3.05) is 44.2 Å². The van der Waals surface area contributed by atoms with Gasteiger partial charge in [0.05, 0.1) is 6.42 Å². The summed E-state index contributed by atoms with van der Waals surface area (Å²) in [5, 5.41) is 14.2. The third kappa shape index (κ3) is 8.64. The molecule has 4 aliphatic rings. The number of hydrogen-bond donors (Lipinski definition) is 1. The molecule has 1 aromatic carbocycles. The number of rotatable bonds is 13. The molecular weight excluding hydrogens is 562 g/mol. The summed E-state index contributed by atoms with van der Waals surface area (Å²) in [7, 11) is 0. The van der Waals surface area contributed by atoms with Gasteiger partial charge in [0, 0.05) is 58.3 Å². The zero-order chi connectivity index (χ0) is 31.0. The number of piperidine rings is 1. The smallest absolute Gasteiger partial charge is 0.304 e. The molecule has 2 aliphatic heterocycles. The molecule has 6 rings (SSSR count). The molecule has 2 aromatic rings. The average molecular weight is 616 g/mol. The number of allylic oxidation sites excluding steroid dienone is 4. The molecule has 4 atom stereocenters. The molecule has 0 bridgehead atoms. The molecule has 8 nitrogen and oxygen atoms in total. The third-order valence-corrected chi connectivity index (χ3v) is 11.1. The van der Waals surface area contributed by atoms with E-state index in [2.05, 4.69) is 79.5 Å². The number of carbonyl (C=O) groups is 1. The Labute approximate surface area is 269 Å². The van der Waals surface area contributed by atoms with Crippen molar-refractivity contribution < 1.29 is 14.4 Å². The van der Waals surface area contributed by atoms with Gasteiger partial charge in [0.2, 0.25) is 5.89 Å². The van der Waals surface area contributed by atoms with Gasteiger partial charge in [-0.25, -0.2) is 0 Å². The number of hydrogen-bond acceptors (Lipinski definition) is 7. The van der Waals surface area contributed by atoms with Crippen LogP contribution in [0.25, 0.3) is 0 Å². The Morgan fingerprint density at radius 2 is 1.82 bits per heavy atom. The van der Waals surface area contributed by atoms with E-state index in [0.29, 0.717) is 35.6 Å². The van der Waals surface area contributed by atoms with E-state index in [9.17, 15) is 9.90 Å². The summed E-state index contributed by atoms with van der Waals surface area (Å²) in [5.74, 6) is 3.00. The number of aryl methyl sites for hydroxylation is 1. The minimum atomic E-state index is -0.637. The van der Waals surface area contributed by atoms with Crippen molar-refractivity contribution in [3.63, 3.8) is 0 Å². The van der Waals surface area contributed by atoms with Gasteiger partial charge in [-0.15, -0.1) is 0 Å². The fraction of sp³-hybridized carbons (Fsp3) is 0.649. The standard InChI is InChI=1S/C37H53N5O3/c1-28-38-37(39-45-28)42(22-17-29-11-5-2-6-12-29)34-18-20-40(21-19-34)25-33-27-41(26-32(33)23-30-13-7-3-8-14-30)35(24-36(43)44)31-15-9-4-10-16-31/h2-3,5-8,11-13,30-35H,4,9-10,14-27H2,1H3,(H,43,44)/t30?,32-,33-,35?/m0/s1. The SMILES string of the molecule is Cc1nc(N(CCc2ccccc2)C2CCN(C[C@H]3CN(C(CC(=O)O)C4CCCCC4)C[C@@H]3CC3C=CC=CC3)CC2)no1. The van der Waals surface area contributed by atoms with Gasteiger partial charge in [-0.3, -0.25) is 9.69 Å². The fourth-order valence-electron chi connectivity index (χ4n) is 8.70. The first kappa shape index (κ1) is 32.0. The van der Waals surface area contributed by atoms with Crippen LogP contribution in [0.15, 0.2) is 59.2 Å². The van der Waals surface area contributed by atoms with Gasteiger partial charge in [-0.2, -0.15) is 4.98 Å². The molecule has 2 unspecified atom stereocenters. The summed E-state index contributed by atoms with van der Waals surface area (Å²) >= 11 is 0. The van der Waals surface area contributed by atoms with Crippen molar-refractivity contribution >= 4 is 11.9 Å². The lowest BCUT2D eigenvalue weighted by atomic mass is 9.82. The highest BCUT2D eigenvalue weighted by Crippen LogP contribution is 2.38. The number of aliphatic carboxylic acids is 1. The molecular formula is C37H53N5O3. The Kier molecular flexibility index (Phi) is 11.1. The van der Waals surface area contributed by atoms with E-state index < -0.39 is 5.97 Å². The van der Waals surface area contributed by atoms with E-state index in [-0.39, 0.29) is 12.5 Å². The van der Waals surface area contributed by atoms with Crippen LogP contribution < -0.4 is 4.90 Å². The number of nitrogens with zero attached hydrogens (tertiary/aromatic N) is 5. The van der Waals surface area contributed by atoms with Crippen molar-refractivity contribution in [3.05, 3.63) is 66.1 Å². The Bertz CT molecular complexity index is 1260. The zero-order valence-electron chi connectivity index (χ0n) is 27.2. The minimum absolute atomic E-state index is 0.180. The maximum Gasteiger partial charge on any atom is 0.304 e. The van der Waals surface area contributed by atoms with Crippen molar-refractivity contribution in [1.82, 2.24) is 19.9 Å². The lowest BCUT2D eigenvalue weighted by Gasteiger charge is -2.39. The first-order chi connectivity index (χ1) is 22.0. The van der Waals surface area contributed by atoms with Gasteiger partial charge in [0.25, 0.3) is 5.95 Å². The molecule has 3 heterocycles. The third-order valence-electron chi connectivity index (χ3n) is 11.1. The molecule has 1 aromatic heterocycles. The molecule has 244 valence electrons. The summed E-state index contributed by atoms with van der Waals surface area (Å²) in [6.45, 7) is 8.08. The molecule has 8 heteroatoms. The zero-order valence-corrected chi connectivity index (χ0v) is 27.2. The van der Waals surface area contributed by atoms with Crippen LogP contribution >= 0.6 is 0 Å². The molecule has 1 N–H and O–H groups in total. The predicted octanol–water partition coefficient (Wildman–Crippen LogP) is 6.39. The summed E-state index contributed by atoms with van der Waals surface area (Å²) in [6, 6.07) is 11.2. The molecule has 0 spiro atoms. The molecule has 3 fully saturated rings. The topological polar surface area (TPSA) is 85.9 Å². The number of carboxylic acid groups (broad SMARTS) is 1. The number of likely N-dealkylation sites (tertiary alicyclic amines) is 2. The second-order valence-corrected chi connectivity index (χ2v) is 14.2. The van der Waals surface area contributed by atoms with Crippen LogP contribution in [0.5, 0.6) is 0 Å². The van der Waals surface area contributed by atoms with E-state index in [0.717, 1.165) is 70.9 Å². The Morgan fingerprint density at radius 1 is 1.04 bits per heavy atom. The van der Waals surface area contributed by atoms with E-state index in [1.54, 1.807) is 0 Å². The highest BCUT2D eigenvalue weighted by molar-refractivity contribution is 5.67. The normalized spacial score (nSPS) is 25.9. The maximum atomic E-state index is 12.1. The van der Waals surface area contributed by atoms with Crippen LogP contribution in [0.3, 0.4) is 0 Å². The molecule has 2 saturated heterocycles. The van der Waals surface area contributed by atoms with Crippen molar-refractivity contribution in [2.45, 2.75) is 89.6 Å². The molecule has 2 aliphatic carbocycles.